The first-order chi connectivity index (χ1) is 13.7. The number of halogens is 1. The van der Waals surface area contributed by atoms with Crippen LogP contribution in [-0.4, -0.2) is 26.2 Å². The fraction of sp³-hybridized carbons (Fsp3) is 0. The van der Waals surface area contributed by atoms with Gasteiger partial charge in [-0.25, -0.2) is 9.37 Å². The summed E-state index contributed by atoms with van der Waals surface area (Å²) < 4.78 is 14.8. The maximum absolute atomic E-state index is 14.8. The van der Waals surface area contributed by atoms with Crippen LogP contribution in [0.5, 0.6) is 0 Å². The molecule has 28 heavy (non-hydrogen) atoms. The third kappa shape index (κ3) is 2.54. The van der Waals surface area contributed by atoms with Gasteiger partial charge in [0.25, 0.3) is 0 Å². The minimum Gasteiger partial charge on any atom is -0.338 e. The highest BCUT2D eigenvalue weighted by Gasteiger charge is 2.17. The van der Waals surface area contributed by atoms with E-state index in [9.17, 15) is 9.18 Å². The number of pyridine rings is 3. The van der Waals surface area contributed by atoms with E-state index < -0.39 is 5.82 Å². The highest BCUT2D eigenvalue weighted by Crippen LogP contribution is 2.36. The summed E-state index contributed by atoms with van der Waals surface area (Å²) in [7, 11) is 0. The summed E-state index contributed by atoms with van der Waals surface area (Å²) in [6, 6.07) is 12.5. The molecule has 0 aliphatic carbocycles. The second-order valence-corrected chi connectivity index (χ2v) is 6.43. The Morgan fingerprint density at radius 2 is 1.82 bits per heavy atom. The minimum absolute atomic E-state index is 0.424. The molecule has 0 atom stereocenters. The van der Waals surface area contributed by atoms with Crippen LogP contribution in [0.2, 0.25) is 0 Å². The Labute approximate surface area is 158 Å². The summed E-state index contributed by atoms with van der Waals surface area (Å²) in [5.74, 6) is -0.424. The molecule has 0 unspecified atom stereocenters. The summed E-state index contributed by atoms with van der Waals surface area (Å²) in [6.45, 7) is 0. The first-order valence-corrected chi connectivity index (χ1v) is 8.66. The second-order valence-electron chi connectivity index (χ2n) is 6.43. The van der Waals surface area contributed by atoms with Crippen LogP contribution in [0.1, 0.15) is 10.4 Å². The first kappa shape index (κ1) is 16.3. The molecule has 134 valence electrons. The van der Waals surface area contributed by atoms with Gasteiger partial charge in [-0.1, -0.05) is 24.3 Å². The zero-order valence-electron chi connectivity index (χ0n) is 14.6. The summed E-state index contributed by atoms with van der Waals surface area (Å²) in [5.41, 5.74) is 4.63. The molecule has 4 aromatic heterocycles. The van der Waals surface area contributed by atoms with Gasteiger partial charge in [-0.3, -0.25) is 14.8 Å². The monoisotopic (exact) mass is 368 g/mol. The van der Waals surface area contributed by atoms with Crippen LogP contribution in [0.15, 0.2) is 67.3 Å². The minimum atomic E-state index is -0.424. The van der Waals surface area contributed by atoms with Crippen molar-refractivity contribution in [2.24, 2.45) is 0 Å². The van der Waals surface area contributed by atoms with Crippen LogP contribution >= 0.6 is 0 Å². The lowest BCUT2D eigenvalue weighted by Crippen LogP contribution is -1.90. The molecule has 1 N–H and O–H groups in total. The lowest BCUT2D eigenvalue weighted by molar-refractivity contribution is 0.112. The highest BCUT2D eigenvalue weighted by molar-refractivity contribution is 6.13. The van der Waals surface area contributed by atoms with Gasteiger partial charge in [-0.2, -0.15) is 0 Å². The fourth-order valence-corrected chi connectivity index (χ4v) is 3.42. The van der Waals surface area contributed by atoms with E-state index in [0.717, 1.165) is 28.4 Å². The normalized spacial score (nSPS) is 11.2. The molecule has 4 heterocycles. The van der Waals surface area contributed by atoms with Gasteiger partial charge in [0.15, 0.2) is 0 Å². The number of nitrogens with one attached hydrogen (secondary N) is 1. The van der Waals surface area contributed by atoms with Crippen molar-refractivity contribution >= 4 is 28.2 Å². The third-order valence-electron chi connectivity index (χ3n) is 4.75. The summed E-state index contributed by atoms with van der Waals surface area (Å²) in [4.78, 5) is 27.0. The number of H-pyrrole nitrogens is 1. The van der Waals surface area contributed by atoms with E-state index >= 15 is 0 Å². The number of nitrogens with zero attached hydrogens (tertiary/aromatic N) is 3. The molecule has 0 spiro atoms. The van der Waals surface area contributed by atoms with E-state index in [1.807, 2.05) is 18.2 Å². The molecule has 0 saturated carbocycles. The van der Waals surface area contributed by atoms with Gasteiger partial charge >= 0.3 is 0 Å². The van der Waals surface area contributed by atoms with E-state index in [4.69, 9.17) is 0 Å². The lowest BCUT2D eigenvalue weighted by Gasteiger charge is -2.07. The van der Waals surface area contributed by atoms with Crippen LogP contribution < -0.4 is 0 Å². The topological polar surface area (TPSA) is 71.5 Å². The van der Waals surface area contributed by atoms with E-state index in [0.29, 0.717) is 27.7 Å². The number of carbonyl (C=O) groups is 1. The van der Waals surface area contributed by atoms with Gasteiger partial charge in [-0.15, -0.1) is 0 Å². The number of carbonyl (C=O) groups excluding carboxylic acids is 1. The van der Waals surface area contributed by atoms with Crippen molar-refractivity contribution in [2.45, 2.75) is 0 Å². The van der Waals surface area contributed by atoms with E-state index in [-0.39, 0.29) is 0 Å². The molecule has 5 aromatic rings. The molecule has 0 radical (unpaired) electrons. The predicted molar refractivity (Wildman–Crippen MR) is 105 cm³/mol. The van der Waals surface area contributed by atoms with Gasteiger partial charge in [0.1, 0.15) is 17.8 Å². The standard InChI is InChI=1S/C22H13FN4O/c23-17-10-26-22-21(20(17)14-5-3-13(12-28)4-6-14)16-8-18(25-11-19(16)27-22)15-2-1-7-24-9-15/h1-12H,(H,26,27). The van der Waals surface area contributed by atoms with E-state index in [1.54, 1.807) is 42.9 Å². The Hall–Kier alpha value is -3.93. The number of aromatic nitrogens is 4. The number of hydrogen-bond donors (Lipinski definition) is 1. The number of hydrogen-bond acceptors (Lipinski definition) is 4. The van der Waals surface area contributed by atoms with Crippen molar-refractivity contribution in [3.63, 3.8) is 0 Å². The first-order valence-electron chi connectivity index (χ1n) is 8.66. The van der Waals surface area contributed by atoms with Crippen LogP contribution in [0.3, 0.4) is 0 Å². The number of aromatic amines is 1. The molecule has 0 amide bonds. The Bertz CT molecular complexity index is 1330. The molecule has 1 aromatic carbocycles. The van der Waals surface area contributed by atoms with E-state index in [1.165, 1.54) is 6.20 Å². The van der Waals surface area contributed by atoms with Crippen molar-refractivity contribution in [1.29, 1.82) is 0 Å². The molecule has 0 aliphatic rings. The molecule has 0 bridgehead atoms. The Balaban J connectivity index is 1.81. The number of aldehydes is 1. The third-order valence-corrected chi connectivity index (χ3v) is 4.75. The molecule has 0 saturated heterocycles. The van der Waals surface area contributed by atoms with E-state index in [2.05, 4.69) is 19.9 Å². The van der Waals surface area contributed by atoms with Gasteiger partial charge in [-0.05, 0) is 23.8 Å². The van der Waals surface area contributed by atoms with Gasteiger partial charge in [0.2, 0.25) is 0 Å². The van der Waals surface area contributed by atoms with Crippen molar-refractivity contribution in [3.8, 4) is 22.4 Å². The Morgan fingerprint density at radius 1 is 0.964 bits per heavy atom. The predicted octanol–water partition coefficient (Wildman–Crippen LogP) is 4.79. The summed E-state index contributed by atoms with van der Waals surface area (Å²) >= 11 is 0. The lowest BCUT2D eigenvalue weighted by atomic mass is 9.99. The molecule has 5 rings (SSSR count). The van der Waals surface area contributed by atoms with Crippen LogP contribution in [0.25, 0.3) is 44.3 Å². The van der Waals surface area contributed by atoms with Crippen LogP contribution in [-0.2, 0) is 0 Å². The van der Waals surface area contributed by atoms with Crippen molar-refractivity contribution in [2.75, 3.05) is 0 Å². The quantitative estimate of drug-likeness (QED) is 0.465. The van der Waals surface area contributed by atoms with Crippen molar-refractivity contribution < 1.29 is 9.18 Å². The fourth-order valence-electron chi connectivity index (χ4n) is 3.42. The zero-order chi connectivity index (χ0) is 19.1. The highest BCUT2D eigenvalue weighted by atomic mass is 19.1. The van der Waals surface area contributed by atoms with Gasteiger partial charge < -0.3 is 4.98 Å². The molecule has 0 aliphatic heterocycles. The molecule has 5 nitrogen and oxygen atoms in total. The average molecular weight is 368 g/mol. The number of fused-ring (bicyclic) bond motifs is 3. The summed E-state index contributed by atoms with van der Waals surface area (Å²) in [5, 5.41) is 1.51. The number of benzene rings is 1. The van der Waals surface area contributed by atoms with Crippen molar-refractivity contribution in [1.82, 2.24) is 19.9 Å². The number of rotatable bonds is 3. The maximum atomic E-state index is 14.8. The average Bonchev–Trinajstić information content (AvgIpc) is 3.12. The Kier molecular flexibility index (Phi) is 3.69. The molecule has 0 fully saturated rings. The maximum Gasteiger partial charge on any atom is 0.150 e. The SMILES string of the molecule is O=Cc1ccc(-c2c(F)cnc3[nH]c4cnc(-c5cccnc5)cc4c23)cc1. The molecule has 6 heteroatoms. The molecular formula is C22H13FN4O. The largest absolute Gasteiger partial charge is 0.338 e. The molecular weight excluding hydrogens is 355 g/mol. The van der Waals surface area contributed by atoms with Crippen LogP contribution in [0, 0.1) is 5.82 Å². The van der Waals surface area contributed by atoms with Crippen molar-refractivity contribution in [3.05, 3.63) is 78.6 Å². The second kappa shape index (κ2) is 6.35. The zero-order valence-corrected chi connectivity index (χ0v) is 14.6. The van der Waals surface area contributed by atoms with Gasteiger partial charge in [0.05, 0.1) is 23.6 Å². The van der Waals surface area contributed by atoms with Gasteiger partial charge in [0, 0.05) is 39.9 Å². The van der Waals surface area contributed by atoms with Crippen LogP contribution in [0.4, 0.5) is 4.39 Å². The summed E-state index contributed by atoms with van der Waals surface area (Å²) in [6.07, 6.45) is 7.13. The smallest absolute Gasteiger partial charge is 0.150 e. The Morgan fingerprint density at radius 3 is 2.57 bits per heavy atom.